The third-order valence-electron chi connectivity index (χ3n) is 2.02. The van der Waals surface area contributed by atoms with Crippen LogP contribution in [0.1, 0.15) is 0 Å². The maximum Gasteiger partial charge on any atom is 0.573 e. The fourth-order valence-corrected chi connectivity index (χ4v) is 1.58. The smallest absolute Gasteiger partial charge is 0.405 e. The summed E-state index contributed by atoms with van der Waals surface area (Å²) in [5.74, 6) is -0.368. The van der Waals surface area contributed by atoms with Crippen LogP contribution in [0.4, 0.5) is 13.2 Å². The number of halogens is 4. The second kappa shape index (κ2) is 4.81. The molecule has 0 fully saturated rings. The minimum Gasteiger partial charge on any atom is -0.405 e. The number of ether oxygens (including phenoxy) is 1. The molecule has 0 aliphatic rings. The lowest BCUT2D eigenvalue weighted by Crippen LogP contribution is -2.17. The Morgan fingerprint density at radius 1 is 1.06 bits per heavy atom. The Balaban J connectivity index is 2.49. The highest BCUT2D eigenvalue weighted by Crippen LogP contribution is 2.34. The summed E-state index contributed by atoms with van der Waals surface area (Å²) >= 11 is 5.79. The highest BCUT2D eigenvalue weighted by molar-refractivity contribution is 6.31. The molecule has 3 nitrogen and oxygen atoms in total. The van der Waals surface area contributed by atoms with Gasteiger partial charge < -0.3 is 4.74 Å². The van der Waals surface area contributed by atoms with Gasteiger partial charge in [0, 0.05) is 18.0 Å². The van der Waals surface area contributed by atoms with Gasteiger partial charge in [0.15, 0.2) is 5.15 Å². The first kappa shape index (κ1) is 12.6. The van der Waals surface area contributed by atoms with E-state index in [0.29, 0.717) is 0 Å². The van der Waals surface area contributed by atoms with E-state index in [1.807, 2.05) is 0 Å². The maximum atomic E-state index is 12.2. The monoisotopic (exact) mass is 274 g/mol. The van der Waals surface area contributed by atoms with Gasteiger partial charge in [0.2, 0.25) is 0 Å². The summed E-state index contributed by atoms with van der Waals surface area (Å²) in [7, 11) is 0. The lowest BCUT2D eigenvalue weighted by Gasteiger charge is -2.12. The molecule has 7 heteroatoms. The van der Waals surface area contributed by atoms with Gasteiger partial charge >= 0.3 is 6.36 Å². The summed E-state index contributed by atoms with van der Waals surface area (Å²) in [6.45, 7) is 0. The third-order valence-corrected chi connectivity index (χ3v) is 2.30. The number of aromatic nitrogens is 2. The molecule has 0 saturated carbocycles. The standard InChI is InChI=1S/C11H6ClF3N2O/c12-10-9(16-5-6-17-10)7-3-1-2-4-8(7)18-11(13,14)15/h1-6H. The molecule has 94 valence electrons. The quantitative estimate of drug-likeness (QED) is 0.837. The van der Waals surface area contributed by atoms with Gasteiger partial charge in [-0.2, -0.15) is 0 Å². The van der Waals surface area contributed by atoms with Crippen molar-refractivity contribution in [2.45, 2.75) is 6.36 Å². The van der Waals surface area contributed by atoms with Crippen LogP contribution in [0.5, 0.6) is 5.75 Å². The average molecular weight is 275 g/mol. The summed E-state index contributed by atoms with van der Waals surface area (Å²) in [6.07, 6.45) is -2.09. The molecule has 18 heavy (non-hydrogen) atoms. The van der Waals surface area contributed by atoms with Crippen molar-refractivity contribution in [1.82, 2.24) is 9.97 Å². The largest absolute Gasteiger partial charge is 0.573 e. The van der Waals surface area contributed by atoms with E-state index >= 15 is 0 Å². The van der Waals surface area contributed by atoms with Crippen molar-refractivity contribution in [1.29, 1.82) is 0 Å². The molecule has 0 aliphatic heterocycles. The number of hydrogen-bond donors (Lipinski definition) is 0. The first-order chi connectivity index (χ1) is 8.47. The zero-order chi connectivity index (χ0) is 13.2. The Kier molecular flexibility index (Phi) is 3.38. The molecule has 0 radical (unpaired) electrons. The van der Waals surface area contributed by atoms with Crippen molar-refractivity contribution in [2.24, 2.45) is 0 Å². The number of nitrogens with zero attached hydrogens (tertiary/aromatic N) is 2. The van der Waals surface area contributed by atoms with Gasteiger partial charge in [-0.3, -0.25) is 4.98 Å². The van der Waals surface area contributed by atoms with Gasteiger partial charge in [-0.15, -0.1) is 13.2 Å². The zero-order valence-electron chi connectivity index (χ0n) is 8.78. The van der Waals surface area contributed by atoms with Crippen LogP contribution in [-0.4, -0.2) is 16.3 Å². The number of benzene rings is 1. The summed E-state index contributed by atoms with van der Waals surface area (Å²) in [4.78, 5) is 7.66. The molecule has 2 rings (SSSR count). The molecule has 0 spiro atoms. The predicted octanol–water partition coefficient (Wildman–Crippen LogP) is 3.70. The van der Waals surface area contributed by atoms with E-state index in [-0.39, 0.29) is 22.2 Å². The molecule has 0 bridgehead atoms. The van der Waals surface area contributed by atoms with Gasteiger partial charge in [-0.05, 0) is 12.1 Å². The summed E-state index contributed by atoms with van der Waals surface area (Å²) < 4.78 is 40.7. The lowest BCUT2D eigenvalue weighted by atomic mass is 10.1. The average Bonchev–Trinajstić information content (AvgIpc) is 2.29. The van der Waals surface area contributed by atoms with Crippen LogP contribution in [-0.2, 0) is 0 Å². The number of alkyl halides is 3. The third kappa shape index (κ3) is 2.89. The zero-order valence-corrected chi connectivity index (χ0v) is 9.53. The lowest BCUT2D eigenvalue weighted by molar-refractivity contribution is -0.274. The molecule has 0 atom stereocenters. The molecular formula is C11H6ClF3N2O. The number of para-hydroxylation sites is 1. The first-order valence-corrected chi connectivity index (χ1v) is 5.17. The van der Waals surface area contributed by atoms with E-state index in [1.54, 1.807) is 6.07 Å². The van der Waals surface area contributed by atoms with Crippen LogP contribution < -0.4 is 4.74 Å². The predicted molar refractivity (Wildman–Crippen MR) is 59.2 cm³/mol. The van der Waals surface area contributed by atoms with Gasteiger partial charge in [-0.25, -0.2) is 4.98 Å². The molecule has 0 N–H and O–H groups in total. The fourth-order valence-electron chi connectivity index (χ4n) is 1.38. The Hall–Kier alpha value is -1.82. The van der Waals surface area contributed by atoms with Crippen molar-refractivity contribution >= 4 is 11.6 Å². The molecule has 1 aromatic heterocycles. The molecule has 0 amide bonds. The van der Waals surface area contributed by atoms with Gasteiger partial charge in [0.05, 0.1) is 0 Å². The molecule has 1 heterocycles. The van der Waals surface area contributed by atoms with Crippen LogP contribution in [0.15, 0.2) is 36.7 Å². The van der Waals surface area contributed by atoms with Crippen LogP contribution in [0.25, 0.3) is 11.3 Å². The molecular weight excluding hydrogens is 269 g/mol. The Morgan fingerprint density at radius 2 is 1.72 bits per heavy atom. The second-order valence-corrected chi connectivity index (χ2v) is 3.60. The van der Waals surface area contributed by atoms with E-state index in [4.69, 9.17) is 11.6 Å². The molecule has 2 aromatic rings. The van der Waals surface area contributed by atoms with E-state index in [9.17, 15) is 13.2 Å². The first-order valence-electron chi connectivity index (χ1n) is 4.79. The molecule has 0 unspecified atom stereocenters. The van der Waals surface area contributed by atoms with Gasteiger partial charge in [0.1, 0.15) is 11.4 Å². The Morgan fingerprint density at radius 3 is 2.39 bits per heavy atom. The van der Waals surface area contributed by atoms with Crippen molar-refractivity contribution in [3.8, 4) is 17.0 Å². The Bertz CT molecular complexity index is 560. The SMILES string of the molecule is FC(F)(F)Oc1ccccc1-c1nccnc1Cl. The topological polar surface area (TPSA) is 35.0 Å². The minimum atomic E-state index is -4.77. The van der Waals surface area contributed by atoms with Crippen molar-refractivity contribution in [3.05, 3.63) is 41.8 Å². The van der Waals surface area contributed by atoms with Crippen molar-refractivity contribution < 1.29 is 17.9 Å². The maximum absolute atomic E-state index is 12.2. The fraction of sp³-hybridized carbons (Fsp3) is 0.0909. The molecule has 0 saturated heterocycles. The van der Waals surface area contributed by atoms with Crippen molar-refractivity contribution in [2.75, 3.05) is 0 Å². The summed E-state index contributed by atoms with van der Waals surface area (Å²) in [5.41, 5.74) is 0.270. The van der Waals surface area contributed by atoms with E-state index in [1.165, 1.54) is 30.6 Å². The van der Waals surface area contributed by atoms with Crippen LogP contribution >= 0.6 is 11.6 Å². The minimum absolute atomic E-state index is 0.00993. The molecule has 0 aliphatic carbocycles. The van der Waals surface area contributed by atoms with Crippen LogP contribution in [0, 0.1) is 0 Å². The van der Waals surface area contributed by atoms with Crippen LogP contribution in [0.3, 0.4) is 0 Å². The number of hydrogen-bond acceptors (Lipinski definition) is 3. The normalized spacial score (nSPS) is 11.3. The van der Waals surface area contributed by atoms with E-state index in [2.05, 4.69) is 14.7 Å². The van der Waals surface area contributed by atoms with Crippen LogP contribution in [0.2, 0.25) is 5.15 Å². The Labute approximate surface area is 105 Å². The van der Waals surface area contributed by atoms with E-state index in [0.717, 1.165) is 0 Å². The number of rotatable bonds is 2. The highest BCUT2D eigenvalue weighted by atomic mass is 35.5. The molecule has 1 aromatic carbocycles. The van der Waals surface area contributed by atoms with Gasteiger partial charge in [-0.1, -0.05) is 23.7 Å². The van der Waals surface area contributed by atoms with E-state index < -0.39 is 6.36 Å². The second-order valence-electron chi connectivity index (χ2n) is 3.24. The summed E-state index contributed by atoms with van der Waals surface area (Å²) in [6, 6.07) is 5.60. The van der Waals surface area contributed by atoms with Crippen molar-refractivity contribution in [3.63, 3.8) is 0 Å². The van der Waals surface area contributed by atoms with Gasteiger partial charge in [0.25, 0.3) is 0 Å². The highest BCUT2D eigenvalue weighted by Gasteiger charge is 2.32. The summed E-state index contributed by atoms with van der Waals surface area (Å²) in [5, 5.41) is 0.00993.